The fraction of sp³-hybridized carbons (Fsp3) is 0.193. The van der Waals surface area contributed by atoms with Crippen molar-refractivity contribution in [3.8, 4) is 22.3 Å². The number of rotatable bonds is 3. The topological polar surface area (TPSA) is 3.24 Å². The summed E-state index contributed by atoms with van der Waals surface area (Å²) in [5, 5.41) is 2.48. The molecule has 3 aliphatic rings. The van der Waals surface area contributed by atoms with Crippen LogP contribution in [-0.4, -0.2) is 0 Å². The lowest BCUT2D eigenvalue weighted by molar-refractivity contribution is 0.561. The fourth-order valence-electron chi connectivity index (χ4n) is 11.3. The van der Waals surface area contributed by atoms with Gasteiger partial charge in [-0.05, 0) is 125 Å². The molecule has 0 fully saturated rings. The summed E-state index contributed by atoms with van der Waals surface area (Å²) in [5.41, 5.74) is 20.5. The van der Waals surface area contributed by atoms with Gasteiger partial charge < -0.3 is 4.90 Å². The van der Waals surface area contributed by atoms with Crippen molar-refractivity contribution < 1.29 is 0 Å². The first-order chi connectivity index (χ1) is 27.9. The molecule has 0 bridgehead atoms. The second-order valence-electron chi connectivity index (χ2n) is 18.9. The lowest BCUT2D eigenvalue weighted by Crippen LogP contribution is -2.40. The van der Waals surface area contributed by atoms with E-state index in [9.17, 15) is 0 Å². The first-order valence-electron chi connectivity index (χ1n) is 20.9. The van der Waals surface area contributed by atoms with Gasteiger partial charge in [0.15, 0.2) is 0 Å². The third kappa shape index (κ3) is 4.59. The number of hydrogen-bond acceptors (Lipinski definition) is 1. The third-order valence-corrected chi connectivity index (χ3v) is 14.0. The summed E-state index contributed by atoms with van der Waals surface area (Å²) in [4.78, 5) is 2.51. The van der Waals surface area contributed by atoms with Crippen LogP contribution < -0.4 is 4.90 Å². The zero-order chi connectivity index (χ0) is 39.8. The first kappa shape index (κ1) is 35.0. The van der Waals surface area contributed by atoms with Gasteiger partial charge in [-0.25, -0.2) is 0 Å². The van der Waals surface area contributed by atoms with Crippen LogP contribution >= 0.6 is 0 Å². The minimum atomic E-state index is -0.499. The van der Waals surface area contributed by atoms with Crippen molar-refractivity contribution in [3.05, 3.63) is 220 Å². The average molecular weight is 748 g/mol. The normalized spacial score (nSPS) is 15.9. The van der Waals surface area contributed by atoms with E-state index in [1.165, 1.54) is 88.8 Å². The van der Waals surface area contributed by atoms with Gasteiger partial charge in [-0.2, -0.15) is 0 Å². The molecule has 0 aromatic heterocycles. The van der Waals surface area contributed by atoms with E-state index in [4.69, 9.17) is 0 Å². The molecule has 1 heteroatoms. The molecule has 3 aliphatic carbocycles. The van der Waals surface area contributed by atoms with Crippen LogP contribution in [0.2, 0.25) is 0 Å². The number of anilines is 3. The van der Waals surface area contributed by atoms with Crippen molar-refractivity contribution in [1.29, 1.82) is 0 Å². The predicted octanol–water partition coefficient (Wildman–Crippen LogP) is 14.9. The summed E-state index contributed by atoms with van der Waals surface area (Å²) in [7, 11) is 0. The van der Waals surface area contributed by atoms with Crippen LogP contribution in [-0.2, 0) is 21.7 Å². The van der Waals surface area contributed by atoms with E-state index in [1.807, 2.05) is 0 Å². The first-order valence-corrected chi connectivity index (χ1v) is 20.9. The fourth-order valence-corrected chi connectivity index (χ4v) is 11.3. The highest BCUT2D eigenvalue weighted by Gasteiger charge is 2.54. The van der Waals surface area contributed by atoms with Gasteiger partial charge in [-0.1, -0.05) is 182 Å². The van der Waals surface area contributed by atoms with Crippen LogP contribution in [0.5, 0.6) is 0 Å². The maximum absolute atomic E-state index is 2.55. The third-order valence-electron chi connectivity index (χ3n) is 14.0. The molecule has 0 atom stereocenters. The van der Waals surface area contributed by atoms with Gasteiger partial charge in [0.1, 0.15) is 0 Å². The zero-order valence-electron chi connectivity index (χ0n) is 34.6. The van der Waals surface area contributed by atoms with Crippen LogP contribution in [0.1, 0.15) is 98.5 Å². The van der Waals surface area contributed by atoms with Crippen molar-refractivity contribution >= 4 is 27.8 Å². The molecule has 8 aromatic rings. The molecule has 0 aliphatic heterocycles. The molecule has 11 rings (SSSR count). The van der Waals surface area contributed by atoms with E-state index in [0.29, 0.717) is 0 Å². The summed E-state index contributed by atoms with van der Waals surface area (Å²) >= 11 is 0. The molecule has 0 heterocycles. The molecule has 0 unspecified atom stereocenters. The Labute approximate surface area is 343 Å². The largest absolute Gasteiger partial charge is 0.310 e. The highest BCUT2D eigenvalue weighted by Crippen LogP contribution is 2.64. The van der Waals surface area contributed by atoms with Gasteiger partial charge in [0.2, 0.25) is 0 Å². The molecule has 0 amide bonds. The quantitative estimate of drug-likeness (QED) is 0.174. The summed E-state index contributed by atoms with van der Waals surface area (Å²) in [5.74, 6) is 0. The van der Waals surface area contributed by atoms with Crippen molar-refractivity contribution in [3.63, 3.8) is 0 Å². The molecule has 0 saturated heterocycles. The molecule has 282 valence electrons. The Hall–Kier alpha value is -6.18. The van der Waals surface area contributed by atoms with Crippen LogP contribution in [0.15, 0.2) is 170 Å². The Bertz CT molecular complexity index is 2950. The summed E-state index contributed by atoms with van der Waals surface area (Å²) in [6.07, 6.45) is 0. The van der Waals surface area contributed by atoms with Gasteiger partial charge in [-0.15, -0.1) is 0 Å². The van der Waals surface area contributed by atoms with Gasteiger partial charge >= 0.3 is 0 Å². The Kier molecular flexibility index (Phi) is 7.20. The molecule has 0 saturated carbocycles. The SMILES string of the molecule is CC(C)(C)c1cccc2c1-c1ccc(N(c3ccc4c(c3)C(C)(C)c3ccccc3-4)c3ccc4ccccc4c3)cc1C21c2ccccc2C(C)(C)c2ccccc21. The predicted molar refractivity (Wildman–Crippen MR) is 244 cm³/mol. The van der Waals surface area contributed by atoms with E-state index in [-0.39, 0.29) is 16.2 Å². The molecular formula is C57H49N. The molecule has 0 N–H and O–H groups in total. The van der Waals surface area contributed by atoms with Crippen molar-refractivity contribution in [2.45, 2.75) is 70.1 Å². The van der Waals surface area contributed by atoms with E-state index >= 15 is 0 Å². The van der Waals surface area contributed by atoms with E-state index in [0.717, 1.165) is 11.4 Å². The molecule has 1 spiro atoms. The van der Waals surface area contributed by atoms with Crippen molar-refractivity contribution in [2.24, 2.45) is 0 Å². The maximum atomic E-state index is 2.55. The van der Waals surface area contributed by atoms with Gasteiger partial charge in [0.05, 0.1) is 5.41 Å². The Balaban J connectivity index is 1.23. The maximum Gasteiger partial charge on any atom is 0.0720 e. The summed E-state index contributed by atoms with van der Waals surface area (Å²) < 4.78 is 0. The standard InChI is InChI=1S/C57H49N/c1-54(2,3)49-25-16-26-50-53(49)43-32-30-40(35-52(43)57(50)47-23-14-12-21-45(47)56(6,7)46-22-13-15-24-48(46)57)58(38-28-27-36-17-8-9-18-37(36)33-38)39-29-31-42-41-19-10-11-20-44(41)55(4,5)51(42)34-39/h8-35H,1-7H3. The van der Waals surface area contributed by atoms with Crippen LogP contribution in [0, 0.1) is 0 Å². The smallest absolute Gasteiger partial charge is 0.0720 e. The van der Waals surface area contributed by atoms with Crippen LogP contribution in [0.25, 0.3) is 33.0 Å². The second kappa shape index (κ2) is 11.9. The Morgan fingerprint density at radius 2 is 0.845 bits per heavy atom. The van der Waals surface area contributed by atoms with E-state index < -0.39 is 5.41 Å². The van der Waals surface area contributed by atoms with Crippen molar-refractivity contribution in [1.82, 2.24) is 0 Å². The lowest BCUT2D eigenvalue weighted by Gasteiger charge is -2.47. The number of benzene rings is 8. The Morgan fingerprint density at radius 3 is 1.52 bits per heavy atom. The van der Waals surface area contributed by atoms with Gasteiger partial charge in [0.25, 0.3) is 0 Å². The molecule has 58 heavy (non-hydrogen) atoms. The van der Waals surface area contributed by atoms with E-state index in [1.54, 1.807) is 0 Å². The summed E-state index contributed by atoms with van der Waals surface area (Å²) in [6.45, 7) is 16.7. The van der Waals surface area contributed by atoms with Crippen LogP contribution in [0.4, 0.5) is 17.1 Å². The molecular weight excluding hydrogens is 699 g/mol. The highest BCUT2D eigenvalue weighted by atomic mass is 15.1. The van der Waals surface area contributed by atoms with Crippen LogP contribution in [0.3, 0.4) is 0 Å². The van der Waals surface area contributed by atoms with Gasteiger partial charge in [0, 0.05) is 27.9 Å². The Morgan fingerprint density at radius 1 is 0.362 bits per heavy atom. The molecule has 8 aromatic carbocycles. The van der Waals surface area contributed by atoms with Gasteiger partial charge in [-0.3, -0.25) is 0 Å². The molecule has 0 radical (unpaired) electrons. The van der Waals surface area contributed by atoms with Crippen molar-refractivity contribution in [2.75, 3.05) is 4.90 Å². The number of hydrogen-bond donors (Lipinski definition) is 0. The minimum Gasteiger partial charge on any atom is -0.310 e. The molecule has 1 nitrogen and oxygen atoms in total. The number of fused-ring (bicyclic) bond motifs is 13. The van der Waals surface area contributed by atoms with E-state index in [2.05, 4.69) is 223 Å². The second-order valence-corrected chi connectivity index (χ2v) is 18.9. The number of nitrogens with zero attached hydrogens (tertiary/aromatic N) is 1. The summed E-state index contributed by atoms with van der Waals surface area (Å²) in [6, 6.07) is 64.9. The lowest BCUT2D eigenvalue weighted by atomic mass is 9.55. The monoisotopic (exact) mass is 747 g/mol. The highest BCUT2D eigenvalue weighted by molar-refractivity contribution is 5.95. The zero-order valence-corrected chi connectivity index (χ0v) is 34.6. The minimum absolute atomic E-state index is 0.0499. The average Bonchev–Trinajstić information content (AvgIpc) is 3.65.